The summed E-state index contributed by atoms with van der Waals surface area (Å²) in [7, 11) is 0. The molecule has 0 spiro atoms. The van der Waals surface area contributed by atoms with Gasteiger partial charge in [0.1, 0.15) is 0 Å². The minimum absolute atomic E-state index is 0.120. The minimum Gasteiger partial charge on any atom is -0.332 e. The second-order valence-corrected chi connectivity index (χ2v) is 7.04. The molecule has 0 amide bonds. The number of anilines is 2. The molecule has 2 aromatic carbocycles. The smallest absolute Gasteiger partial charge is 0.332 e. The number of halogens is 5. The van der Waals surface area contributed by atoms with Gasteiger partial charge in [-0.25, -0.2) is 0 Å². The van der Waals surface area contributed by atoms with Crippen molar-refractivity contribution in [2.45, 2.75) is 12.7 Å². The van der Waals surface area contributed by atoms with Gasteiger partial charge < -0.3 is 10.6 Å². The maximum atomic E-state index is 12.8. The van der Waals surface area contributed by atoms with Gasteiger partial charge in [-0.1, -0.05) is 35.3 Å². The van der Waals surface area contributed by atoms with Gasteiger partial charge in [0.05, 0.1) is 12.1 Å². The largest absolute Gasteiger partial charge is 0.416 e. The SMILES string of the molecule is FC(F)(F)c1cccc(NC(=S)Nc2ccn(Cc3ccc(Cl)cc3Cl)n2)c1. The highest BCUT2D eigenvalue weighted by Gasteiger charge is 2.30. The summed E-state index contributed by atoms with van der Waals surface area (Å²) in [5, 5.41) is 11.0. The monoisotopic (exact) mass is 444 g/mol. The first kappa shape index (κ1) is 20.4. The van der Waals surface area contributed by atoms with Gasteiger partial charge in [0.2, 0.25) is 0 Å². The first-order chi connectivity index (χ1) is 13.2. The summed E-state index contributed by atoms with van der Waals surface area (Å²) in [5.74, 6) is 0.439. The van der Waals surface area contributed by atoms with E-state index in [-0.39, 0.29) is 10.8 Å². The van der Waals surface area contributed by atoms with Crippen LogP contribution in [-0.4, -0.2) is 14.9 Å². The number of alkyl halides is 3. The first-order valence-electron chi connectivity index (χ1n) is 7.93. The zero-order valence-corrected chi connectivity index (χ0v) is 16.4. The lowest BCUT2D eigenvalue weighted by Gasteiger charge is -2.11. The molecule has 28 heavy (non-hydrogen) atoms. The number of hydrogen-bond donors (Lipinski definition) is 2. The van der Waals surface area contributed by atoms with Crippen molar-refractivity contribution in [1.82, 2.24) is 9.78 Å². The minimum atomic E-state index is -4.42. The lowest BCUT2D eigenvalue weighted by atomic mass is 10.2. The zero-order valence-electron chi connectivity index (χ0n) is 14.1. The van der Waals surface area contributed by atoms with Crippen LogP contribution in [-0.2, 0) is 12.7 Å². The molecule has 0 saturated heterocycles. The summed E-state index contributed by atoms with van der Waals surface area (Å²) < 4.78 is 40.0. The van der Waals surface area contributed by atoms with Gasteiger partial charge in [-0.2, -0.15) is 18.3 Å². The van der Waals surface area contributed by atoms with Gasteiger partial charge in [0.15, 0.2) is 10.9 Å². The van der Waals surface area contributed by atoms with Crippen LogP contribution in [0.3, 0.4) is 0 Å². The van der Waals surface area contributed by atoms with E-state index in [0.29, 0.717) is 22.4 Å². The predicted molar refractivity (Wildman–Crippen MR) is 109 cm³/mol. The van der Waals surface area contributed by atoms with E-state index in [1.165, 1.54) is 12.1 Å². The molecule has 0 aliphatic carbocycles. The van der Waals surface area contributed by atoms with Crippen molar-refractivity contribution in [3.8, 4) is 0 Å². The van der Waals surface area contributed by atoms with E-state index in [4.69, 9.17) is 35.4 Å². The van der Waals surface area contributed by atoms with Gasteiger partial charge in [-0.15, -0.1) is 0 Å². The van der Waals surface area contributed by atoms with E-state index < -0.39 is 11.7 Å². The van der Waals surface area contributed by atoms with Crippen molar-refractivity contribution in [2.75, 3.05) is 10.6 Å². The lowest BCUT2D eigenvalue weighted by Crippen LogP contribution is -2.20. The Balaban J connectivity index is 1.62. The molecule has 0 saturated carbocycles. The lowest BCUT2D eigenvalue weighted by molar-refractivity contribution is -0.137. The van der Waals surface area contributed by atoms with Gasteiger partial charge in [0, 0.05) is 28.0 Å². The molecule has 146 valence electrons. The molecule has 1 heterocycles. The molecule has 4 nitrogen and oxygen atoms in total. The van der Waals surface area contributed by atoms with Crippen molar-refractivity contribution in [3.05, 3.63) is 75.9 Å². The Morgan fingerprint density at radius 3 is 2.57 bits per heavy atom. The zero-order chi connectivity index (χ0) is 20.3. The molecule has 0 aliphatic heterocycles. The average Bonchev–Trinajstić information content (AvgIpc) is 3.03. The molecule has 10 heteroatoms. The third kappa shape index (κ3) is 5.37. The fourth-order valence-electron chi connectivity index (χ4n) is 2.39. The first-order valence-corrected chi connectivity index (χ1v) is 9.10. The summed E-state index contributed by atoms with van der Waals surface area (Å²) in [6.07, 6.45) is -2.70. The van der Waals surface area contributed by atoms with E-state index in [0.717, 1.165) is 17.7 Å². The fraction of sp³-hybridized carbons (Fsp3) is 0.111. The predicted octanol–water partition coefficient (Wildman–Crippen LogP) is 6.07. The Bertz CT molecular complexity index is 1000. The number of rotatable bonds is 4. The Hall–Kier alpha value is -2.29. The van der Waals surface area contributed by atoms with Crippen molar-refractivity contribution in [2.24, 2.45) is 0 Å². The molecule has 2 N–H and O–H groups in total. The third-order valence-corrected chi connectivity index (χ3v) is 4.47. The summed E-state index contributed by atoms with van der Waals surface area (Å²) >= 11 is 17.2. The standard InChI is InChI=1S/C18H13Cl2F3N4S/c19-13-5-4-11(15(20)9-13)10-27-7-6-16(26-27)25-17(28)24-14-3-1-2-12(8-14)18(21,22)23/h1-9H,10H2,(H2,24,25,26,28). The fourth-order valence-corrected chi connectivity index (χ4v) is 3.08. The number of nitrogens with one attached hydrogen (secondary N) is 2. The highest BCUT2D eigenvalue weighted by molar-refractivity contribution is 7.80. The molecule has 1 aromatic heterocycles. The second-order valence-electron chi connectivity index (χ2n) is 5.79. The van der Waals surface area contributed by atoms with Crippen molar-refractivity contribution in [3.63, 3.8) is 0 Å². The number of nitrogens with zero attached hydrogens (tertiary/aromatic N) is 2. The van der Waals surface area contributed by atoms with Gasteiger partial charge in [0.25, 0.3) is 0 Å². The number of benzene rings is 2. The van der Waals surface area contributed by atoms with Crippen LogP contribution in [0, 0.1) is 0 Å². The van der Waals surface area contributed by atoms with Crippen LogP contribution in [0.5, 0.6) is 0 Å². The van der Waals surface area contributed by atoms with E-state index in [2.05, 4.69) is 15.7 Å². The maximum Gasteiger partial charge on any atom is 0.416 e. The van der Waals surface area contributed by atoms with Crippen molar-refractivity contribution in [1.29, 1.82) is 0 Å². The Morgan fingerprint density at radius 2 is 1.86 bits per heavy atom. The van der Waals surface area contributed by atoms with Crippen LogP contribution in [0.15, 0.2) is 54.7 Å². The maximum absolute atomic E-state index is 12.8. The second kappa shape index (κ2) is 8.38. The van der Waals surface area contributed by atoms with Crippen LogP contribution in [0.25, 0.3) is 0 Å². The normalized spacial score (nSPS) is 11.3. The van der Waals surface area contributed by atoms with Crippen LogP contribution in [0.1, 0.15) is 11.1 Å². The Labute approximate surface area is 174 Å². The summed E-state index contributed by atoms with van der Waals surface area (Å²) in [6.45, 7) is 0.422. The quantitative estimate of drug-likeness (QED) is 0.479. The highest BCUT2D eigenvalue weighted by atomic mass is 35.5. The number of thiocarbonyl (C=S) groups is 1. The van der Waals surface area contributed by atoms with Crippen molar-refractivity contribution >= 4 is 52.0 Å². The van der Waals surface area contributed by atoms with Crippen molar-refractivity contribution < 1.29 is 13.2 Å². The Kier molecular flexibility index (Phi) is 6.12. The average molecular weight is 445 g/mol. The molecule has 0 atom stereocenters. The van der Waals surface area contributed by atoms with Gasteiger partial charge in [-0.3, -0.25) is 4.68 Å². The number of aromatic nitrogens is 2. The van der Waals surface area contributed by atoms with E-state index in [9.17, 15) is 13.2 Å². The van der Waals surface area contributed by atoms with E-state index in [1.54, 1.807) is 35.1 Å². The summed E-state index contributed by atoms with van der Waals surface area (Å²) in [4.78, 5) is 0. The van der Waals surface area contributed by atoms with E-state index in [1.807, 2.05) is 0 Å². The topological polar surface area (TPSA) is 41.9 Å². The molecule has 0 radical (unpaired) electrons. The Morgan fingerprint density at radius 1 is 1.07 bits per heavy atom. The number of hydrogen-bond acceptors (Lipinski definition) is 2. The van der Waals surface area contributed by atoms with Gasteiger partial charge in [-0.05, 0) is 48.1 Å². The van der Waals surface area contributed by atoms with Gasteiger partial charge >= 0.3 is 6.18 Å². The molecule has 0 bridgehead atoms. The van der Waals surface area contributed by atoms with E-state index >= 15 is 0 Å². The van der Waals surface area contributed by atoms with Crippen LogP contribution >= 0.6 is 35.4 Å². The summed E-state index contributed by atoms with van der Waals surface area (Å²) in [5.41, 5.74) is 0.300. The molecule has 0 unspecified atom stereocenters. The van der Waals surface area contributed by atoms with Crippen LogP contribution in [0.4, 0.5) is 24.7 Å². The van der Waals surface area contributed by atoms with Crippen LogP contribution in [0.2, 0.25) is 10.0 Å². The molecular weight excluding hydrogens is 432 g/mol. The molecule has 0 fully saturated rings. The highest BCUT2D eigenvalue weighted by Crippen LogP contribution is 2.30. The van der Waals surface area contributed by atoms with Crippen LogP contribution < -0.4 is 10.6 Å². The molecule has 3 aromatic rings. The molecule has 0 aliphatic rings. The molecular formula is C18H13Cl2F3N4S. The molecule has 3 rings (SSSR count). The summed E-state index contributed by atoms with van der Waals surface area (Å²) in [6, 6.07) is 11.6. The third-order valence-electron chi connectivity index (χ3n) is 3.68.